The fourth-order valence-electron chi connectivity index (χ4n) is 1.94. The van der Waals surface area contributed by atoms with Crippen LogP contribution in [0.25, 0.3) is 22.4 Å². The fourth-order valence-corrected chi connectivity index (χ4v) is 1.94. The molecule has 0 aliphatic rings. The van der Waals surface area contributed by atoms with Gasteiger partial charge in [0.1, 0.15) is 17.1 Å². The minimum atomic E-state index is -0.342. The van der Waals surface area contributed by atoms with Gasteiger partial charge in [0.2, 0.25) is 0 Å². The predicted molar refractivity (Wildman–Crippen MR) is 67.9 cm³/mol. The van der Waals surface area contributed by atoms with Crippen LogP contribution < -0.4 is 0 Å². The number of phenols is 1. The summed E-state index contributed by atoms with van der Waals surface area (Å²) in [7, 11) is 0. The molecule has 0 aliphatic heterocycles. The Labute approximate surface area is 103 Å². The molecule has 3 aromatic rings. The van der Waals surface area contributed by atoms with Crippen molar-refractivity contribution in [3.63, 3.8) is 0 Å². The number of aromatic hydroxyl groups is 1. The summed E-state index contributed by atoms with van der Waals surface area (Å²) in [6.45, 7) is 1.81. The van der Waals surface area contributed by atoms with Gasteiger partial charge in [-0.3, -0.25) is 0 Å². The van der Waals surface area contributed by atoms with Crippen molar-refractivity contribution in [3.8, 4) is 17.1 Å². The first-order valence-corrected chi connectivity index (χ1v) is 5.59. The van der Waals surface area contributed by atoms with E-state index in [0.29, 0.717) is 16.9 Å². The molecule has 2 aromatic carbocycles. The van der Waals surface area contributed by atoms with Gasteiger partial charge in [-0.05, 0) is 42.8 Å². The first-order valence-electron chi connectivity index (χ1n) is 5.59. The first-order chi connectivity index (χ1) is 8.65. The van der Waals surface area contributed by atoms with Crippen molar-refractivity contribution in [1.29, 1.82) is 0 Å². The van der Waals surface area contributed by atoms with Crippen LogP contribution in [-0.4, -0.2) is 15.1 Å². The van der Waals surface area contributed by atoms with Crippen LogP contribution in [0, 0.1) is 12.7 Å². The Bertz CT molecular complexity index is 734. The molecule has 0 atom stereocenters. The number of phenolic OH excluding ortho intramolecular Hbond substituents is 1. The SMILES string of the molecule is Cc1cc(-c2nc3c(F)cccc3[nH]2)ccc1O. The molecule has 0 saturated carbocycles. The third kappa shape index (κ3) is 1.62. The van der Waals surface area contributed by atoms with Crippen molar-refractivity contribution in [2.45, 2.75) is 6.92 Å². The van der Waals surface area contributed by atoms with Crippen LogP contribution in [0.3, 0.4) is 0 Å². The van der Waals surface area contributed by atoms with Gasteiger partial charge in [-0.1, -0.05) is 6.07 Å². The number of H-pyrrole nitrogens is 1. The minimum absolute atomic E-state index is 0.237. The van der Waals surface area contributed by atoms with Gasteiger partial charge in [0.25, 0.3) is 0 Å². The highest BCUT2D eigenvalue weighted by Crippen LogP contribution is 2.26. The van der Waals surface area contributed by atoms with Crippen LogP contribution in [0.4, 0.5) is 4.39 Å². The number of para-hydroxylation sites is 1. The van der Waals surface area contributed by atoms with E-state index in [1.165, 1.54) is 6.07 Å². The number of nitrogens with zero attached hydrogens (tertiary/aromatic N) is 1. The number of fused-ring (bicyclic) bond motifs is 1. The lowest BCUT2D eigenvalue weighted by Gasteiger charge is -2.00. The van der Waals surface area contributed by atoms with Crippen molar-refractivity contribution in [1.82, 2.24) is 9.97 Å². The van der Waals surface area contributed by atoms with Crippen molar-refractivity contribution >= 4 is 11.0 Å². The van der Waals surface area contributed by atoms with Crippen molar-refractivity contribution in [2.75, 3.05) is 0 Å². The molecule has 3 rings (SSSR count). The zero-order valence-electron chi connectivity index (χ0n) is 9.74. The van der Waals surface area contributed by atoms with Gasteiger partial charge in [-0.25, -0.2) is 9.37 Å². The van der Waals surface area contributed by atoms with Gasteiger partial charge in [-0.15, -0.1) is 0 Å². The number of aromatic nitrogens is 2. The van der Waals surface area contributed by atoms with E-state index in [2.05, 4.69) is 9.97 Å². The molecule has 0 radical (unpaired) electrons. The van der Waals surface area contributed by atoms with E-state index in [4.69, 9.17) is 0 Å². The Morgan fingerprint density at radius 3 is 2.78 bits per heavy atom. The highest BCUT2D eigenvalue weighted by Gasteiger charge is 2.09. The van der Waals surface area contributed by atoms with Crippen LogP contribution in [0.15, 0.2) is 36.4 Å². The maximum atomic E-state index is 13.5. The van der Waals surface area contributed by atoms with Crippen LogP contribution in [0.2, 0.25) is 0 Å². The topological polar surface area (TPSA) is 48.9 Å². The fraction of sp³-hybridized carbons (Fsp3) is 0.0714. The second-order valence-electron chi connectivity index (χ2n) is 4.22. The molecule has 3 nitrogen and oxygen atoms in total. The van der Waals surface area contributed by atoms with Crippen molar-refractivity contribution in [2.24, 2.45) is 0 Å². The number of aryl methyl sites for hydroxylation is 1. The highest BCUT2D eigenvalue weighted by atomic mass is 19.1. The molecule has 0 aliphatic carbocycles. The Morgan fingerprint density at radius 2 is 2.06 bits per heavy atom. The van der Waals surface area contributed by atoms with Gasteiger partial charge in [-0.2, -0.15) is 0 Å². The molecule has 0 unspecified atom stereocenters. The summed E-state index contributed by atoms with van der Waals surface area (Å²) in [6, 6.07) is 9.97. The maximum absolute atomic E-state index is 13.5. The highest BCUT2D eigenvalue weighted by molar-refractivity contribution is 5.80. The molecule has 1 aromatic heterocycles. The van der Waals surface area contributed by atoms with Crippen LogP contribution in [0.1, 0.15) is 5.56 Å². The van der Waals surface area contributed by atoms with Crippen molar-refractivity contribution in [3.05, 3.63) is 47.8 Å². The summed E-state index contributed by atoms with van der Waals surface area (Å²) in [4.78, 5) is 7.31. The average molecular weight is 242 g/mol. The third-order valence-electron chi connectivity index (χ3n) is 2.93. The second kappa shape index (κ2) is 3.84. The lowest BCUT2D eigenvalue weighted by atomic mass is 10.1. The number of halogens is 1. The molecule has 0 bridgehead atoms. The molecule has 0 spiro atoms. The number of imidazole rings is 1. The number of nitrogens with one attached hydrogen (secondary N) is 1. The van der Waals surface area contributed by atoms with E-state index in [1.807, 2.05) is 13.0 Å². The molecule has 18 heavy (non-hydrogen) atoms. The van der Waals surface area contributed by atoms with Gasteiger partial charge in [0, 0.05) is 5.56 Å². The summed E-state index contributed by atoms with van der Waals surface area (Å²) < 4.78 is 13.5. The first kappa shape index (κ1) is 10.8. The molecule has 1 heterocycles. The standard InChI is InChI=1S/C14H11FN2O/c1-8-7-9(5-6-12(8)18)14-16-11-4-2-3-10(15)13(11)17-14/h2-7,18H,1H3,(H,16,17). The quantitative estimate of drug-likeness (QED) is 0.687. The van der Waals surface area contributed by atoms with E-state index in [0.717, 1.165) is 11.1 Å². The summed E-state index contributed by atoms with van der Waals surface area (Å²) in [5.74, 6) is 0.491. The van der Waals surface area contributed by atoms with E-state index < -0.39 is 0 Å². The Morgan fingerprint density at radius 1 is 1.22 bits per heavy atom. The zero-order valence-corrected chi connectivity index (χ0v) is 9.74. The number of benzene rings is 2. The average Bonchev–Trinajstić information content (AvgIpc) is 2.78. The normalized spacial score (nSPS) is 11.0. The van der Waals surface area contributed by atoms with E-state index in [-0.39, 0.29) is 11.6 Å². The van der Waals surface area contributed by atoms with E-state index in [1.54, 1.807) is 24.3 Å². The summed E-state index contributed by atoms with van der Waals surface area (Å²) in [5.41, 5.74) is 2.57. The second-order valence-corrected chi connectivity index (χ2v) is 4.22. The largest absolute Gasteiger partial charge is 0.508 e. The molecular weight excluding hydrogens is 231 g/mol. The number of hydrogen-bond donors (Lipinski definition) is 2. The molecule has 0 saturated heterocycles. The maximum Gasteiger partial charge on any atom is 0.151 e. The van der Waals surface area contributed by atoms with Gasteiger partial charge in [0.15, 0.2) is 5.82 Å². The van der Waals surface area contributed by atoms with E-state index in [9.17, 15) is 9.50 Å². The summed E-state index contributed by atoms with van der Waals surface area (Å²) in [6.07, 6.45) is 0. The van der Waals surface area contributed by atoms with Crippen LogP contribution in [0.5, 0.6) is 5.75 Å². The molecule has 90 valence electrons. The molecular formula is C14H11FN2O. The van der Waals surface area contributed by atoms with Crippen LogP contribution >= 0.6 is 0 Å². The Hall–Kier alpha value is -2.36. The van der Waals surface area contributed by atoms with E-state index >= 15 is 0 Å². The van der Waals surface area contributed by atoms with Crippen molar-refractivity contribution < 1.29 is 9.50 Å². The molecule has 2 N–H and O–H groups in total. The lowest BCUT2D eigenvalue weighted by Crippen LogP contribution is -1.82. The monoisotopic (exact) mass is 242 g/mol. The number of hydrogen-bond acceptors (Lipinski definition) is 2. The number of aromatic amines is 1. The molecule has 0 amide bonds. The van der Waals surface area contributed by atoms with Gasteiger partial charge < -0.3 is 10.1 Å². The molecule has 0 fully saturated rings. The summed E-state index contributed by atoms with van der Waals surface area (Å²) >= 11 is 0. The lowest BCUT2D eigenvalue weighted by molar-refractivity contribution is 0.471. The number of rotatable bonds is 1. The predicted octanol–water partition coefficient (Wildman–Crippen LogP) is 3.38. The smallest absolute Gasteiger partial charge is 0.151 e. The Kier molecular flexibility index (Phi) is 2.30. The van der Waals surface area contributed by atoms with Gasteiger partial charge in [0.05, 0.1) is 5.52 Å². The van der Waals surface area contributed by atoms with Crippen LogP contribution in [-0.2, 0) is 0 Å². The van der Waals surface area contributed by atoms with Gasteiger partial charge >= 0.3 is 0 Å². The zero-order chi connectivity index (χ0) is 12.7. The minimum Gasteiger partial charge on any atom is -0.508 e. The third-order valence-corrected chi connectivity index (χ3v) is 2.93. The summed E-state index contributed by atoms with van der Waals surface area (Å²) in [5, 5.41) is 9.48. The molecule has 4 heteroatoms. The Balaban J connectivity index is 2.19.